The largest absolute Gasteiger partial charge is 0.497 e. The number of benzene rings is 3. The summed E-state index contributed by atoms with van der Waals surface area (Å²) in [7, 11) is 1.54. The van der Waals surface area contributed by atoms with Gasteiger partial charge in [0.1, 0.15) is 17.5 Å². The van der Waals surface area contributed by atoms with E-state index < -0.39 is 23.8 Å². The fraction of sp³-hybridized carbons (Fsp3) is 0.342. The van der Waals surface area contributed by atoms with Crippen LogP contribution in [0.3, 0.4) is 0 Å². The minimum atomic E-state index is -1.15. The molecule has 4 aromatic rings. The van der Waals surface area contributed by atoms with Gasteiger partial charge in [-0.25, -0.2) is 9.97 Å². The predicted molar refractivity (Wildman–Crippen MR) is 182 cm³/mol. The van der Waals surface area contributed by atoms with Gasteiger partial charge in [-0.05, 0) is 67.3 Å². The number of Topliss-reactive ketones (excluding diaryl/α,β-unsaturated/α-hetero) is 1. The number of carbonyl (C=O) groups is 3. The van der Waals surface area contributed by atoms with Gasteiger partial charge in [-0.1, -0.05) is 69.0 Å². The number of unbranched alkanes of at least 4 members (excludes halogenated alkanes) is 4. The van der Waals surface area contributed by atoms with Gasteiger partial charge in [-0.2, -0.15) is 0 Å². The van der Waals surface area contributed by atoms with Crippen molar-refractivity contribution in [1.29, 1.82) is 0 Å². The standard InChI is InChI=1S/C38H43N3O6/c1-4-5-6-7-8-21-47-34-19-13-28(14-20-34)32-24-39-36(40-25-32)30-11-9-27(10-12-30)22-31(37(43)41-26(2)38(44)45)23-35(42)29-15-17-33(46-3)18-16-29/h9-20,24-26,31H,4-8,21-23H2,1-3H3,(H,41,43)(H,44,45)/t26-,31-/m1/s1. The third kappa shape index (κ3) is 10.5. The van der Waals surface area contributed by atoms with E-state index in [1.807, 2.05) is 48.5 Å². The van der Waals surface area contributed by atoms with Crippen molar-refractivity contribution in [2.24, 2.45) is 5.92 Å². The number of rotatable bonds is 18. The monoisotopic (exact) mass is 637 g/mol. The highest BCUT2D eigenvalue weighted by Gasteiger charge is 2.26. The van der Waals surface area contributed by atoms with Crippen LogP contribution in [0.2, 0.25) is 0 Å². The molecule has 1 aromatic heterocycles. The van der Waals surface area contributed by atoms with Crippen LogP contribution < -0.4 is 14.8 Å². The summed E-state index contributed by atoms with van der Waals surface area (Å²) in [5.74, 6) is -0.607. The van der Waals surface area contributed by atoms with Gasteiger partial charge in [-0.15, -0.1) is 0 Å². The number of ketones is 1. The maximum absolute atomic E-state index is 13.1. The smallest absolute Gasteiger partial charge is 0.325 e. The summed E-state index contributed by atoms with van der Waals surface area (Å²) in [6.45, 7) is 4.32. The number of aliphatic carboxylic acids is 1. The van der Waals surface area contributed by atoms with Crippen molar-refractivity contribution in [3.05, 3.63) is 96.3 Å². The summed E-state index contributed by atoms with van der Waals surface area (Å²) in [5, 5.41) is 11.8. The van der Waals surface area contributed by atoms with Gasteiger partial charge in [0.15, 0.2) is 11.6 Å². The lowest BCUT2D eigenvalue weighted by Gasteiger charge is -2.18. The number of ether oxygens (including phenoxy) is 2. The zero-order valence-corrected chi connectivity index (χ0v) is 27.3. The van der Waals surface area contributed by atoms with Crippen molar-refractivity contribution in [2.45, 2.75) is 64.8 Å². The minimum absolute atomic E-state index is 0.0804. The first kappa shape index (κ1) is 34.8. The normalized spacial score (nSPS) is 12.1. The SMILES string of the molecule is CCCCCCCOc1ccc(-c2cnc(-c3ccc(C[C@H](CC(=O)c4ccc(OC)cc4)C(=O)N[C@H](C)C(=O)O)cc3)nc2)cc1. The third-order valence-corrected chi connectivity index (χ3v) is 7.99. The van der Waals surface area contributed by atoms with Crippen molar-refractivity contribution in [3.8, 4) is 34.0 Å². The Balaban J connectivity index is 1.39. The molecular formula is C38H43N3O6. The number of aromatic nitrogens is 2. The number of carboxylic acids is 1. The summed E-state index contributed by atoms with van der Waals surface area (Å²) in [4.78, 5) is 46.7. The molecule has 0 bridgehead atoms. The second kappa shape index (κ2) is 17.6. The Bertz CT molecular complexity index is 1590. The maximum Gasteiger partial charge on any atom is 0.325 e. The Labute approximate surface area is 276 Å². The van der Waals surface area contributed by atoms with Crippen LogP contribution in [0.5, 0.6) is 11.5 Å². The lowest BCUT2D eigenvalue weighted by molar-refractivity contribution is -0.141. The molecule has 4 rings (SSSR count). The molecule has 0 spiro atoms. The van der Waals surface area contributed by atoms with Crippen molar-refractivity contribution in [3.63, 3.8) is 0 Å². The van der Waals surface area contributed by atoms with Gasteiger partial charge in [0.25, 0.3) is 0 Å². The first-order valence-electron chi connectivity index (χ1n) is 16.1. The average molecular weight is 638 g/mol. The van der Waals surface area contributed by atoms with Crippen molar-refractivity contribution in [2.75, 3.05) is 13.7 Å². The van der Waals surface area contributed by atoms with E-state index in [1.54, 1.807) is 43.8 Å². The lowest BCUT2D eigenvalue weighted by atomic mass is 9.90. The number of hydrogen-bond donors (Lipinski definition) is 2. The van der Waals surface area contributed by atoms with E-state index in [-0.39, 0.29) is 18.6 Å². The van der Waals surface area contributed by atoms with Crippen LogP contribution in [-0.4, -0.2) is 52.5 Å². The molecule has 9 nitrogen and oxygen atoms in total. The Hall–Kier alpha value is -5.05. The fourth-order valence-electron chi connectivity index (χ4n) is 5.11. The zero-order chi connectivity index (χ0) is 33.6. The van der Waals surface area contributed by atoms with Gasteiger partial charge in [0, 0.05) is 41.4 Å². The number of nitrogens with one attached hydrogen (secondary N) is 1. The van der Waals surface area contributed by atoms with E-state index in [0.29, 0.717) is 17.1 Å². The first-order valence-corrected chi connectivity index (χ1v) is 16.1. The van der Waals surface area contributed by atoms with E-state index >= 15 is 0 Å². The summed E-state index contributed by atoms with van der Waals surface area (Å²) in [6, 6.07) is 21.0. The highest BCUT2D eigenvalue weighted by Crippen LogP contribution is 2.25. The van der Waals surface area contributed by atoms with Crippen molar-refractivity contribution >= 4 is 17.7 Å². The number of nitrogens with zero attached hydrogens (tertiary/aromatic N) is 2. The molecule has 246 valence electrons. The molecule has 3 aromatic carbocycles. The zero-order valence-electron chi connectivity index (χ0n) is 27.3. The molecule has 0 unspecified atom stereocenters. The summed E-state index contributed by atoms with van der Waals surface area (Å²) < 4.78 is 11.0. The minimum Gasteiger partial charge on any atom is -0.497 e. The molecule has 2 atom stereocenters. The van der Waals surface area contributed by atoms with E-state index in [1.165, 1.54) is 32.6 Å². The van der Waals surface area contributed by atoms with Crippen molar-refractivity contribution < 1.29 is 29.0 Å². The summed E-state index contributed by atoms with van der Waals surface area (Å²) in [5.41, 5.74) is 3.95. The molecule has 2 N–H and O–H groups in total. The number of carbonyl (C=O) groups excluding carboxylic acids is 2. The second-order valence-electron chi connectivity index (χ2n) is 11.6. The first-order chi connectivity index (χ1) is 22.8. The molecular weight excluding hydrogens is 594 g/mol. The molecule has 0 aliphatic heterocycles. The molecule has 1 amide bonds. The molecule has 0 aliphatic rings. The number of amides is 1. The Morgan fingerprint density at radius 2 is 1.40 bits per heavy atom. The van der Waals surface area contributed by atoms with Gasteiger partial charge < -0.3 is 19.9 Å². The van der Waals surface area contributed by atoms with E-state index in [0.717, 1.165) is 41.0 Å². The quantitative estimate of drug-likeness (QED) is 0.0867. The van der Waals surface area contributed by atoms with Gasteiger partial charge in [0.2, 0.25) is 5.91 Å². The Morgan fingerprint density at radius 1 is 0.787 bits per heavy atom. The van der Waals surface area contributed by atoms with Crippen LogP contribution in [0.4, 0.5) is 0 Å². The molecule has 0 aliphatic carbocycles. The number of methoxy groups -OCH3 is 1. The molecule has 9 heteroatoms. The topological polar surface area (TPSA) is 128 Å². The molecule has 0 fully saturated rings. The summed E-state index contributed by atoms with van der Waals surface area (Å²) in [6.07, 6.45) is 9.75. The van der Waals surface area contributed by atoms with Crippen LogP contribution in [0.15, 0.2) is 85.2 Å². The van der Waals surface area contributed by atoms with E-state index in [4.69, 9.17) is 9.47 Å². The van der Waals surface area contributed by atoms with E-state index in [2.05, 4.69) is 22.2 Å². The molecule has 47 heavy (non-hydrogen) atoms. The average Bonchev–Trinajstić information content (AvgIpc) is 3.10. The van der Waals surface area contributed by atoms with Gasteiger partial charge >= 0.3 is 5.97 Å². The van der Waals surface area contributed by atoms with Gasteiger partial charge in [0.05, 0.1) is 13.7 Å². The highest BCUT2D eigenvalue weighted by molar-refractivity contribution is 5.99. The maximum atomic E-state index is 13.1. The number of carboxylic acid groups (broad SMARTS) is 1. The molecule has 0 saturated heterocycles. The van der Waals surface area contributed by atoms with Gasteiger partial charge in [-0.3, -0.25) is 14.4 Å². The Kier molecular flexibility index (Phi) is 13.0. The van der Waals surface area contributed by atoms with Crippen LogP contribution >= 0.6 is 0 Å². The highest BCUT2D eigenvalue weighted by atomic mass is 16.5. The molecule has 0 saturated carbocycles. The van der Waals surface area contributed by atoms with Crippen LogP contribution in [0, 0.1) is 5.92 Å². The third-order valence-electron chi connectivity index (χ3n) is 7.99. The number of hydrogen-bond acceptors (Lipinski definition) is 7. The Morgan fingerprint density at radius 3 is 2.02 bits per heavy atom. The molecule has 0 radical (unpaired) electrons. The fourth-order valence-corrected chi connectivity index (χ4v) is 5.11. The molecule has 1 heterocycles. The van der Waals surface area contributed by atoms with Crippen LogP contribution in [0.1, 0.15) is 68.3 Å². The van der Waals surface area contributed by atoms with Crippen molar-refractivity contribution in [1.82, 2.24) is 15.3 Å². The van der Waals surface area contributed by atoms with E-state index in [9.17, 15) is 19.5 Å². The lowest BCUT2D eigenvalue weighted by Crippen LogP contribution is -2.42. The second-order valence-corrected chi connectivity index (χ2v) is 11.6. The summed E-state index contributed by atoms with van der Waals surface area (Å²) >= 11 is 0. The van der Waals surface area contributed by atoms with Crippen LogP contribution in [-0.2, 0) is 16.0 Å². The predicted octanol–water partition coefficient (Wildman–Crippen LogP) is 7.19. The van der Waals surface area contributed by atoms with Crippen LogP contribution in [0.25, 0.3) is 22.5 Å².